The van der Waals surface area contributed by atoms with Crippen molar-refractivity contribution in [3.8, 4) is 0 Å². The topological polar surface area (TPSA) is 303 Å². The zero-order valence-electron chi connectivity index (χ0n) is 18.2. The Balaban J connectivity index is 3.08. The van der Waals surface area contributed by atoms with Crippen LogP contribution in [0.3, 0.4) is 0 Å². The minimum atomic E-state index is -1.80. The molecule has 192 valence electrons. The molecule has 35 heavy (non-hydrogen) atoms. The molecular formula is C18H26N8O9. The van der Waals surface area contributed by atoms with Gasteiger partial charge >= 0.3 is 11.9 Å². The molecule has 1 aromatic heterocycles. The highest BCUT2D eigenvalue weighted by Crippen LogP contribution is 2.04. The molecule has 4 atom stereocenters. The van der Waals surface area contributed by atoms with Crippen LogP contribution in [0.4, 0.5) is 0 Å². The van der Waals surface area contributed by atoms with Gasteiger partial charge in [-0.05, 0) is 0 Å². The molecular weight excluding hydrogens is 472 g/mol. The van der Waals surface area contributed by atoms with Crippen molar-refractivity contribution < 1.29 is 43.8 Å². The Hall–Kier alpha value is -4.54. The van der Waals surface area contributed by atoms with E-state index in [-0.39, 0.29) is 6.42 Å². The number of H-pyrrole nitrogens is 1. The average Bonchev–Trinajstić information content (AvgIpc) is 3.24. The van der Waals surface area contributed by atoms with E-state index in [1.807, 2.05) is 5.32 Å². The molecule has 0 bridgehead atoms. The number of rotatable bonds is 15. The summed E-state index contributed by atoms with van der Waals surface area (Å²) in [4.78, 5) is 88.7. The van der Waals surface area contributed by atoms with E-state index in [2.05, 4.69) is 20.6 Å². The highest BCUT2D eigenvalue weighted by Gasteiger charge is 2.32. The Labute approximate surface area is 197 Å². The predicted molar refractivity (Wildman–Crippen MR) is 114 cm³/mol. The van der Waals surface area contributed by atoms with Crippen molar-refractivity contribution in [2.24, 2.45) is 17.2 Å². The van der Waals surface area contributed by atoms with Gasteiger partial charge in [-0.1, -0.05) is 0 Å². The lowest BCUT2D eigenvalue weighted by atomic mass is 10.1. The van der Waals surface area contributed by atoms with Gasteiger partial charge in [-0.2, -0.15) is 0 Å². The van der Waals surface area contributed by atoms with Gasteiger partial charge in [0.05, 0.1) is 31.6 Å². The maximum Gasteiger partial charge on any atom is 0.326 e. The van der Waals surface area contributed by atoms with Gasteiger partial charge in [0.2, 0.25) is 29.5 Å². The highest BCUT2D eigenvalue weighted by atomic mass is 16.4. The average molecular weight is 498 g/mol. The van der Waals surface area contributed by atoms with Crippen LogP contribution in [0.1, 0.15) is 25.0 Å². The van der Waals surface area contributed by atoms with Crippen LogP contribution in [0.5, 0.6) is 0 Å². The molecule has 0 radical (unpaired) electrons. The molecule has 0 fully saturated rings. The third kappa shape index (κ3) is 10.3. The molecule has 0 spiro atoms. The van der Waals surface area contributed by atoms with E-state index >= 15 is 0 Å². The number of carboxylic acids is 2. The number of aromatic amines is 1. The molecule has 1 aromatic rings. The zero-order valence-corrected chi connectivity index (χ0v) is 18.2. The molecule has 17 heteroatoms. The van der Waals surface area contributed by atoms with Crippen molar-refractivity contribution in [1.29, 1.82) is 0 Å². The number of carbonyl (C=O) groups is 7. The Morgan fingerprint density at radius 2 is 1.37 bits per heavy atom. The van der Waals surface area contributed by atoms with Gasteiger partial charge in [0.25, 0.3) is 0 Å². The van der Waals surface area contributed by atoms with Gasteiger partial charge in [0.1, 0.15) is 18.1 Å². The number of hydrogen-bond donors (Lipinski definition) is 9. The van der Waals surface area contributed by atoms with Crippen LogP contribution in [-0.4, -0.2) is 85.8 Å². The lowest BCUT2D eigenvalue weighted by molar-refractivity contribution is -0.144. The molecule has 0 aliphatic rings. The first kappa shape index (κ1) is 28.5. The lowest BCUT2D eigenvalue weighted by Crippen LogP contribution is -2.58. The second-order valence-corrected chi connectivity index (χ2v) is 7.35. The van der Waals surface area contributed by atoms with Crippen molar-refractivity contribution >= 4 is 41.5 Å². The van der Waals surface area contributed by atoms with Crippen molar-refractivity contribution in [3.63, 3.8) is 0 Å². The second-order valence-electron chi connectivity index (χ2n) is 7.35. The number of aliphatic carboxylic acids is 2. The quantitative estimate of drug-likeness (QED) is 0.110. The Morgan fingerprint density at radius 1 is 0.829 bits per heavy atom. The summed E-state index contributed by atoms with van der Waals surface area (Å²) in [6, 6.07) is -6.39. The van der Waals surface area contributed by atoms with E-state index < -0.39 is 84.9 Å². The molecule has 4 unspecified atom stereocenters. The van der Waals surface area contributed by atoms with Crippen LogP contribution in [0, 0.1) is 0 Å². The molecule has 12 N–H and O–H groups in total. The van der Waals surface area contributed by atoms with Crippen LogP contribution in [-0.2, 0) is 40.0 Å². The molecule has 0 aliphatic carbocycles. The Bertz CT molecular complexity index is 965. The van der Waals surface area contributed by atoms with Gasteiger partial charge < -0.3 is 48.3 Å². The number of amides is 5. The fourth-order valence-corrected chi connectivity index (χ4v) is 2.74. The summed E-state index contributed by atoms with van der Waals surface area (Å²) in [7, 11) is 0. The van der Waals surface area contributed by atoms with E-state index in [4.69, 9.17) is 27.4 Å². The molecule has 5 amide bonds. The summed E-state index contributed by atoms with van der Waals surface area (Å²) in [5.74, 6) is -8.27. The zero-order chi connectivity index (χ0) is 26.7. The Kier molecular flexibility index (Phi) is 10.8. The van der Waals surface area contributed by atoms with Gasteiger partial charge in [0, 0.05) is 18.3 Å². The van der Waals surface area contributed by atoms with Gasteiger partial charge in [0.15, 0.2) is 0 Å². The number of carboxylic acid groups (broad SMARTS) is 2. The van der Waals surface area contributed by atoms with Gasteiger partial charge in [-0.15, -0.1) is 0 Å². The minimum absolute atomic E-state index is 0.207. The normalized spacial score (nSPS) is 14.0. The number of primary amides is 2. The van der Waals surface area contributed by atoms with Gasteiger partial charge in [-0.25, -0.2) is 9.78 Å². The molecule has 0 saturated carbocycles. The van der Waals surface area contributed by atoms with E-state index in [1.165, 1.54) is 12.5 Å². The van der Waals surface area contributed by atoms with Crippen LogP contribution in [0.2, 0.25) is 0 Å². The largest absolute Gasteiger partial charge is 0.481 e. The maximum atomic E-state index is 12.9. The van der Waals surface area contributed by atoms with E-state index in [9.17, 15) is 33.6 Å². The summed E-state index contributed by atoms with van der Waals surface area (Å²) < 4.78 is 0. The number of nitrogens with two attached hydrogens (primary N) is 3. The smallest absolute Gasteiger partial charge is 0.326 e. The highest BCUT2D eigenvalue weighted by molar-refractivity contribution is 5.96. The van der Waals surface area contributed by atoms with Crippen LogP contribution in [0.15, 0.2) is 12.5 Å². The van der Waals surface area contributed by atoms with E-state index in [1.54, 1.807) is 0 Å². The van der Waals surface area contributed by atoms with Crippen molar-refractivity contribution in [2.75, 3.05) is 0 Å². The number of nitrogens with one attached hydrogen (secondary N) is 4. The summed E-state index contributed by atoms with van der Waals surface area (Å²) in [5.41, 5.74) is 15.9. The summed E-state index contributed by atoms with van der Waals surface area (Å²) in [5, 5.41) is 24.6. The number of aromatic nitrogens is 2. The van der Waals surface area contributed by atoms with Gasteiger partial charge in [-0.3, -0.25) is 28.8 Å². The summed E-state index contributed by atoms with van der Waals surface area (Å²) in [6.45, 7) is 0. The first-order chi connectivity index (χ1) is 16.3. The summed E-state index contributed by atoms with van der Waals surface area (Å²) in [6.07, 6.45) is 0.138. The van der Waals surface area contributed by atoms with Crippen LogP contribution in [0.25, 0.3) is 0 Å². The van der Waals surface area contributed by atoms with E-state index in [0.29, 0.717) is 5.69 Å². The van der Waals surface area contributed by atoms with Crippen molar-refractivity contribution in [3.05, 3.63) is 18.2 Å². The third-order valence-electron chi connectivity index (χ3n) is 4.40. The molecule has 0 aliphatic heterocycles. The number of carbonyl (C=O) groups excluding carboxylic acids is 5. The molecule has 17 nitrogen and oxygen atoms in total. The minimum Gasteiger partial charge on any atom is -0.481 e. The number of hydrogen-bond acceptors (Lipinski definition) is 9. The fourth-order valence-electron chi connectivity index (χ4n) is 2.74. The van der Waals surface area contributed by atoms with E-state index in [0.717, 1.165) is 0 Å². The van der Waals surface area contributed by atoms with Crippen LogP contribution < -0.4 is 33.2 Å². The molecule has 0 aromatic carbocycles. The molecule has 1 heterocycles. The molecule has 1 rings (SSSR count). The number of nitrogens with zero attached hydrogens (tertiary/aromatic N) is 1. The standard InChI is InChI=1S/C18H26N8O9/c19-8(2-12(20)27)15(31)24-9(1-7-5-22-6-23-7)16(32)25-10(4-14(29)30)17(33)26-11(18(34)35)3-13(21)28/h5-6,8-11H,1-4,19H2,(H2,20,27)(H2,21,28)(H,22,23)(H,24,31)(H,25,32)(H,26,33)(H,29,30)(H,34,35). The third-order valence-corrected chi connectivity index (χ3v) is 4.40. The summed E-state index contributed by atoms with van der Waals surface area (Å²) >= 11 is 0. The second kappa shape index (κ2) is 13.2. The van der Waals surface area contributed by atoms with Crippen LogP contribution >= 0.6 is 0 Å². The van der Waals surface area contributed by atoms with Crippen molar-refractivity contribution in [2.45, 2.75) is 49.9 Å². The first-order valence-electron chi connectivity index (χ1n) is 9.95. The lowest BCUT2D eigenvalue weighted by Gasteiger charge is -2.24. The van der Waals surface area contributed by atoms with Crippen molar-refractivity contribution in [1.82, 2.24) is 25.9 Å². The first-order valence-corrected chi connectivity index (χ1v) is 9.95. The maximum absolute atomic E-state index is 12.9. The number of imidazole rings is 1. The predicted octanol–water partition coefficient (Wildman–Crippen LogP) is -4.96. The fraction of sp³-hybridized carbons (Fsp3) is 0.444. The molecule has 0 saturated heterocycles. The Morgan fingerprint density at radius 3 is 1.86 bits per heavy atom. The SMILES string of the molecule is NC(=O)CC(N)C(=O)NC(Cc1cnc[nH]1)C(=O)NC(CC(=O)O)C(=O)NC(CC(N)=O)C(=O)O. The monoisotopic (exact) mass is 498 g/mol.